The van der Waals surface area contributed by atoms with E-state index in [-0.39, 0.29) is 24.6 Å². The lowest BCUT2D eigenvalue weighted by Crippen LogP contribution is -2.29. The SMILES string of the molecule is CCCCCCCCC(CCCCCCCC)OC(=O)CCCCN(CCO)CCCCCCCCC(=O)OCCC. The largest absolute Gasteiger partial charge is 0.466 e. The highest BCUT2D eigenvalue weighted by Gasteiger charge is 2.15. The lowest BCUT2D eigenvalue weighted by atomic mass is 10.0. The van der Waals surface area contributed by atoms with Crippen molar-refractivity contribution in [3.05, 3.63) is 0 Å². The topological polar surface area (TPSA) is 76.1 Å². The molecule has 0 heterocycles. The number of unbranched alkanes of at least 4 members (excludes halogenated alkanes) is 16. The molecule has 0 fully saturated rings. The summed E-state index contributed by atoms with van der Waals surface area (Å²) in [6.45, 7) is 9.84. The fourth-order valence-electron chi connectivity index (χ4n) is 5.49. The van der Waals surface area contributed by atoms with E-state index in [1.54, 1.807) is 0 Å². The molecule has 0 atom stereocenters. The molecule has 0 spiro atoms. The maximum absolute atomic E-state index is 12.7. The molecule has 0 aliphatic heterocycles. The minimum absolute atomic E-state index is 0.0238. The molecule has 0 aliphatic rings. The maximum atomic E-state index is 12.7. The average Bonchev–Trinajstić information content (AvgIpc) is 2.98. The molecule has 0 aromatic carbocycles. The van der Waals surface area contributed by atoms with Crippen molar-refractivity contribution in [1.82, 2.24) is 4.90 Å². The number of esters is 2. The molecule has 250 valence electrons. The van der Waals surface area contributed by atoms with Gasteiger partial charge in [-0.15, -0.1) is 0 Å². The Balaban J connectivity index is 4.14. The minimum atomic E-state index is -0.0640. The molecular weight excluding hydrogens is 526 g/mol. The van der Waals surface area contributed by atoms with Crippen LogP contribution in [0.5, 0.6) is 0 Å². The summed E-state index contributed by atoms with van der Waals surface area (Å²) in [4.78, 5) is 26.5. The number of hydrogen-bond donors (Lipinski definition) is 1. The summed E-state index contributed by atoms with van der Waals surface area (Å²) < 4.78 is 11.1. The lowest BCUT2D eigenvalue weighted by Gasteiger charge is -2.21. The summed E-state index contributed by atoms with van der Waals surface area (Å²) in [7, 11) is 0. The zero-order valence-corrected chi connectivity index (χ0v) is 28.3. The maximum Gasteiger partial charge on any atom is 0.306 e. The van der Waals surface area contributed by atoms with Crippen LogP contribution in [0.4, 0.5) is 0 Å². The molecule has 0 aromatic heterocycles. The molecule has 0 bridgehead atoms. The zero-order chi connectivity index (χ0) is 30.9. The highest BCUT2D eigenvalue weighted by Crippen LogP contribution is 2.18. The molecule has 1 N–H and O–H groups in total. The van der Waals surface area contributed by atoms with E-state index in [0.717, 1.165) is 70.9 Å². The summed E-state index contributed by atoms with van der Waals surface area (Å²) in [6.07, 6.45) is 27.8. The van der Waals surface area contributed by atoms with Crippen molar-refractivity contribution in [2.24, 2.45) is 0 Å². The van der Waals surface area contributed by atoms with E-state index < -0.39 is 0 Å². The summed E-state index contributed by atoms with van der Waals surface area (Å²) in [5, 5.41) is 9.49. The Labute approximate surface area is 261 Å². The van der Waals surface area contributed by atoms with Crippen molar-refractivity contribution in [2.45, 2.75) is 187 Å². The van der Waals surface area contributed by atoms with E-state index in [0.29, 0.717) is 26.0 Å². The van der Waals surface area contributed by atoms with Gasteiger partial charge in [-0.25, -0.2) is 0 Å². The Kier molecular flexibility index (Phi) is 31.9. The van der Waals surface area contributed by atoms with Gasteiger partial charge in [0.15, 0.2) is 0 Å². The van der Waals surface area contributed by atoms with Crippen LogP contribution in [0.1, 0.15) is 181 Å². The first-order valence-corrected chi connectivity index (χ1v) is 18.3. The number of ether oxygens (including phenoxy) is 2. The van der Waals surface area contributed by atoms with Crippen LogP contribution in [0.2, 0.25) is 0 Å². The predicted octanol–water partition coefficient (Wildman–Crippen LogP) is 9.55. The van der Waals surface area contributed by atoms with Gasteiger partial charge in [0, 0.05) is 19.4 Å². The van der Waals surface area contributed by atoms with Gasteiger partial charge in [-0.05, 0) is 70.9 Å². The van der Waals surface area contributed by atoms with Crippen molar-refractivity contribution in [2.75, 3.05) is 32.8 Å². The van der Waals surface area contributed by atoms with Crippen LogP contribution in [-0.2, 0) is 19.1 Å². The van der Waals surface area contributed by atoms with Gasteiger partial charge in [0.25, 0.3) is 0 Å². The molecule has 6 nitrogen and oxygen atoms in total. The molecule has 0 aromatic rings. The number of aliphatic hydroxyl groups excluding tert-OH is 1. The van der Waals surface area contributed by atoms with Gasteiger partial charge in [0.1, 0.15) is 6.10 Å². The van der Waals surface area contributed by atoms with Crippen molar-refractivity contribution >= 4 is 11.9 Å². The number of nitrogens with zero attached hydrogens (tertiary/aromatic N) is 1. The summed E-state index contributed by atoms with van der Waals surface area (Å²) in [5.74, 6) is -0.0878. The first-order valence-electron chi connectivity index (χ1n) is 18.3. The summed E-state index contributed by atoms with van der Waals surface area (Å²) in [5.41, 5.74) is 0. The van der Waals surface area contributed by atoms with Gasteiger partial charge >= 0.3 is 11.9 Å². The second kappa shape index (κ2) is 32.8. The second-order valence-corrected chi connectivity index (χ2v) is 12.3. The minimum Gasteiger partial charge on any atom is -0.466 e. The molecule has 0 rings (SSSR count). The summed E-state index contributed by atoms with van der Waals surface area (Å²) in [6, 6.07) is 0. The van der Waals surface area contributed by atoms with Crippen LogP contribution in [0.3, 0.4) is 0 Å². The molecule has 42 heavy (non-hydrogen) atoms. The van der Waals surface area contributed by atoms with Crippen molar-refractivity contribution in [3.63, 3.8) is 0 Å². The van der Waals surface area contributed by atoms with E-state index in [1.807, 2.05) is 6.92 Å². The Morgan fingerprint density at radius 3 is 1.55 bits per heavy atom. The van der Waals surface area contributed by atoms with Crippen molar-refractivity contribution < 1.29 is 24.2 Å². The number of rotatable bonds is 33. The van der Waals surface area contributed by atoms with Crippen LogP contribution in [0, 0.1) is 0 Å². The third-order valence-corrected chi connectivity index (χ3v) is 8.15. The van der Waals surface area contributed by atoms with Gasteiger partial charge in [-0.2, -0.15) is 0 Å². The molecule has 0 amide bonds. The quantitative estimate of drug-likeness (QED) is 0.0600. The van der Waals surface area contributed by atoms with Crippen LogP contribution >= 0.6 is 0 Å². The predicted molar refractivity (Wildman–Crippen MR) is 177 cm³/mol. The highest BCUT2D eigenvalue weighted by molar-refractivity contribution is 5.69. The molecule has 0 saturated heterocycles. The smallest absolute Gasteiger partial charge is 0.306 e. The Morgan fingerprint density at radius 1 is 0.548 bits per heavy atom. The van der Waals surface area contributed by atoms with Gasteiger partial charge < -0.3 is 19.5 Å². The Hall–Kier alpha value is -1.14. The third kappa shape index (κ3) is 29.0. The van der Waals surface area contributed by atoms with Gasteiger partial charge in [0.05, 0.1) is 13.2 Å². The van der Waals surface area contributed by atoms with Crippen LogP contribution in [0.15, 0.2) is 0 Å². The van der Waals surface area contributed by atoms with E-state index >= 15 is 0 Å². The normalized spacial score (nSPS) is 11.5. The molecular formula is C36H71NO5. The number of aliphatic hydroxyl groups is 1. The average molecular weight is 598 g/mol. The molecule has 0 aliphatic carbocycles. The number of hydrogen-bond acceptors (Lipinski definition) is 6. The van der Waals surface area contributed by atoms with E-state index in [4.69, 9.17) is 9.47 Å². The molecule has 0 radical (unpaired) electrons. The molecule has 6 heteroatoms. The second-order valence-electron chi connectivity index (χ2n) is 12.3. The number of carbonyl (C=O) groups is 2. The first kappa shape index (κ1) is 40.9. The number of carbonyl (C=O) groups excluding carboxylic acids is 2. The Bertz CT molecular complexity index is 569. The van der Waals surface area contributed by atoms with E-state index in [2.05, 4.69) is 18.7 Å². The van der Waals surface area contributed by atoms with E-state index in [9.17, 15) is 14.7 Å². The summed E-state index contributed by atoms with van der Waals surface area (Å²) >= 11 is 0. The highest BCUT2D eigenvalue weighted by atomic mass is 16.5. The van der Waals surface area contributed by atoms with Crippen molar-refractivity contribution in [3.8, 4) is 0 Å². The molecule has 0 saturated carbocycles. The zero-order valence-electron chi connectivity index (χ0n) is 28.3. The van der Waals surface area contributed by atoms with Gasteiger partial charge in [-0.1, -0.05) is 111 Å². The molecule has 0 unspecified atom stereocenters. The van der Waals surface area contributed by atoms with Crippen LogP contribution < -0.4 is 0 Å². The van der Waals surface area contributed by atoms with Crippen LogP contribution in [0.25, 0.3) is 0 Å². The first-order chi connectivity index (χ1) is 20.6. The standard InChI is InChI=1S/C36H71NO5/c1-4-7-9-11-15-19-25-34(26-20-16-12-10-8-5-2)42-36(40)28-22-24-30-37(31-32-38)29-23-18-14-13-17-21-27-35(39)41-33-6-3/h34,38H,4-33H2,1-3H3. The van der Waals surface area contributed by atoms with E-state index in [1.165, 1.54) is 89.9 Å². The van der Waals surface area contributed by atoms with Gasteiger partial charge in [-0.3, -0.25) is 9.59 Å². The Morgan fingerprint density at radius 2 is 1.00 bits per heavy atom. The van der Waals surface area contributed by atoms with Crippen LogP contribution in [-0.4, -0.2) is 60.9 Å². The van der Waals surface area contributed by atoms with Gasteiger partial charge in [0.2, 0.25) is 0 Å². The monoisotopic (exact) mass is 598 g/mol. The third-order valence-electron chi connectivity index (χ3n) is 8.15. The fourth-order valence-corrected chi connectivity index (χ4v) is 5.49. The fraction of sp³-hybridized carbons (Fsp3) is 0.944. The van der Waals surface area contributed by atoms with Crippen molar-refractivity contribution in [1.29, 1.82) is 0 Å². The lowest BCUT2D eigenvalue weighted by molar-refractivity contribution is -0.150.